The molecule has 2 heterocycles. The van der Waals surface area contributed by atoms with E-state index in [1.54, 1.807) is 16.2 Å². The van der Waals surface area contributed by atoms with Crippen LogP contribution in [0, 0.1) is 13.8 Å². The van der Waals surface area contributed by atoms with Crippen LogP contribution >= 0.6 is 11.3 Å². The number of para-hydroxylation sites is 1. The van der Waals surface area contributed by atoms with Crippen molar-refractivity contribution in [2.45, 2.75) is 32.8 Å². The van der Waals surface area contributed by atoms with E-state index in [1.807, 2.05) is 49.4 Å². The number of aromatic nitrogens is 1. The van der Waals surface area contributed by atoms with Crippen LogP contribution in [0.5, 0.6) is 0 Å². The largest absolute Gasteiger partial charge is 0.376 e. The Morgan fingerprint density at radius 2 is 2.08 bits per heavy atom. The van der Waals surface area contributed by atoms with Crippen molar-refractivity contribution >= 4 is 32.6 Å². The van der Waals surface area contributed by atoms with Gasteiger partial charge < -0.3 is 4.74 Å². The molecular weight excluding hydrogens is 344 g/mol. The fourth-order valence-electron chi connectivity index (χ4n) is 3.25. The molecule has 1 atom stereocenters. The first-order valence-electron chi connectivity index (χ1n) is 8.98. The summed E-state index contributed by atoms with van der Waals surface area (Å²) in [7, 11) is 0. The zero-order valence-corrected chi connectivity index (χ0v) is 15.9. The molecule has 1 amide bonds. The fraction of sp³-hybridized carbons (Fsp3) is 0.333. The van der Waals surface area contributed by atoms with Crippen molar-refractivity contribution in [2.75, 3.05) is 18.1 Å². The van der Waals surface area contributed by atoms with Crippen molar-refractivity contribution in [1.82, 2.24) is 4.98 Å². The number of benzene rings is 2. The van der Waals surface area contributed by atoms with E-state index in [0.29, 0.717) is 12.1 Å². The zero-order valence-electron chi connectivity index (χ0n) is 15.1. The van der Waals surface area contributed by atoms with Gasteiger partial charge in [0.05, 0.1) is 22.9 Å². The molecule has 0 aliphatic carbocycles. The van der Waals surface area contributed by atoms with Crippen LogP contribution in [-0.2, 0) is 4.74 Å². The van der Waals surface area contributed by atoms with Crippen LogP contribution in [0.1, 0.15) is 34.3 Å². The van der Waals surface area contributed by atoms with Crippen LogP contribution in [0.15, 0.2) is 42.5 Å². The number of carbonyl (C=O) groups is 1. The quantitative estimate of drug-likeness (QED) is 0.670. The molecule has 0 radical (unpaired) electrons. The van der Waals surface area contributed by atoms with Crippen molar-refractivity contribution in [3.05, 3.63) is 59.2 Å². The second-order valence-corrected chi connectivity index (χ2v) is 7.82. The minimum Gasteiger partial charge on any atom is -0.376 e. The first-order chi connectivity index (χ1) is 12.6. The Balaban J connectivity index is 1.71. The van der Waals surface area contributed by atoms with Crippen LogP contribution in [0.25, 0.3) is 10.2 Å². The van der Waals surface area contributed by atoms with Crippen LogP contribution in [0.3, 0.4) is 0 Å². The highest BCUT2D eigenvalue weighted by atomic mass is 32.1. The predicted octanol–water partition coefficient (Wildman–Crippen LogP) is 4.74. The van der Waals surface area contributed by atoms with Gasteiger partial charge in [-0.15, -0.1) is 0 Å². The summed E-state index contributed by atoms with van der Waals surface area (Å²) in [6.45, 7) is 5.41. The van der Waals surface area contributed by atoms with E-state index in [-0.39, 0.29) is 12.0 Å². The lowest BCUT2D eigenvalue weighted by molar-refractivity contribution is 0.0917. The second-order valence-electron chi connectivity index (χ2n) is 6.81. The smallest absolute Gasteiger partial charge is 0.260 e. The predicted molar refractivity (Wildman–Crippen MR) is 106 cm³/mol. The third kappa shape index (κ3) is 3.37. The SMILES string of the molecule is Cc1ccc(C(=O)N(CC2CCCO2)c2nc3ccccc3s2)cc1C. The topological polar surface area (TPSA) is 42.4 Å². The fourth-order valence-corrected chi connectivity index (χ4v) is 4.22. The average molecular weight is 366 g/mol. The van der Waals surface area contributed by atoms with Crippen molar-refractivity contribution < 1.29 is 9.53 Å². The molecule has 26 heavy (non-hydrogen) atoms. The number of aryl methyl sites for hydroxylation is 2. The van der Waals surface area contributed by atoms with Gasteiger partial charge in [0.15, 0.2) is 5.13 Å². The Kier molecular flexibility index (Phi) is 4.74. The van der Waals surface area contributed by atoms with Crippen molar-refractivity contribution in [1.29, 1.82) is 0 Å². The number of ether oxygens (including phenoxy) is 1. The van der Waals surface area contributed by atoms with Crippen LogP contribution in [-0.4, -0.2) is 30.1 Å². The number of thiazole rings is 1. The van der Waals surface area contributed by atoms with Crippen molar-refractivity contribution in [3.63, 3.8) is 0 Å². The molecule has 134 valence electrons. The highest BCUT2D eigenvalue weighted by molar-refractivity contribution is 7.22. The first-order valence-corrected chi connectivity index (χ1v) is 9.80. The maximum absolute atomic E-state index is 13.3. The normalized spacial score (nSPS) is 16.9. The molecule has 4 nitrogen and oxygen atoms in total. The molecule has 0 spiro atoms. The molecule has 0 saturated carbocycles. The number of amides is 1. The summed E-state index contributed by atoms with van der Waals surface area (Å²) in [5.74, 6) is -0.0114. The summed E-state index contributed by atoms with van der Waals surface area (Å²) in [4.78, 5) is 19.8. The van der Waals surface area contributed by atoms with Gasteiger partial charge >= 0.3 is 0 Å². The van der Waals surface area contributed by atoms with Gasteiger partial charge in [-0.3, -0.25) is 9.69 Å². The molecule has 1 unspecified atom stereocenters. The molecule has 3 aromatic rings. The molecule has 4 rings (SSSR count). The lowest BCUT2D eigenvalue weighted by Gasteiger charge is -2.23. The van der Waals surface area contributed by atoms with Gasteiger partial charge in [-0.1, -0.05) is 29.5 Å². The molecular formula is C21H22N2O2S. The van der Waals surface area contributed by atoms with Crippen LogP contribution < -0.4 is 4.90 Å². The highest BCUT2D eigenvalue weighted by Gasteiger charge is 2.27. The monoisotopic (exact) mass is 366 g/mol. The molecule has 5 heteroatoms. The molecule has 1 aliphatic heterocycles. The lowest BCUT2D eigenvalue weighted by atomic mass is 10.1. The second kappa shape index (κ2) is 7.17. The number of hydrogen-bond donors (Lipinski definition) is 0. The van der Waals surface area contributed by atoms with Crippen molar-refractivity contribution in [2.24, 2.45) is 0 Å². The number of rotatable bonds is 4. The third-order valence-corrected chi connectivity index (χ3v) is 5.98. The Labute approximate surface area is 157 Å². The van der Waals surface area contributed by atoms with Gasteiger partial charge in [-0.2, -0.15) is 0 Å². The molecule has 2 aromatic carbocycles. The molecule has 1 fully saturated rings. The Hall–Kier alpha value is -2.24. The third-order valence-electron chi connectivity index (χ3n) is 4.92. The summed E-state index contributed by atoms with van der Waals surface area (Å²) in [6, 6.07) is 13.9. The molecule has 1 aliphatic rings. The number of fused-ring (bicyclic) bond motifs is 1. The summed E-state index contributed by atoms with van der Waals surface area (Å²) < 4.78 is 6.88. The number of nitrogens with zero attached hydrogens (tertiary/aromatic N) is 2. The lowest BCUT2D eigenvalue weighted by Crippen LogP contribution is -2.37. The summed E-state index contributed by atoms with van der Waals surface area (Å²) in [5.41, 5.74) is 3.94. The Morgan fingerprint density at radius 3 is 2.81 bits per heavy atom. The summed E-state index contributed by atoms with van der Waals surface area (Å²) in [5, 5.41) is 0.741. The minimum absolute atomic E-state index is 0.0114. The molecule has 1 aromatic heterocycles. The Morgan fingerprint density at radius 1 is 1.23 bits per heavy atom. The number of hydrogen-bond acceptors (Lipinski definition) is 4. The average Bonchev–Trinajstić information content (AvgIpc) is 3.30. The van der Waals surface area contributed by atoms with Crippen LogP contribution in [0.2, 0.25) is 0 Å². The van der Waals surface area contributed by atoms with Gasteiger partial charge in [0.25, 0.3) is 5.91 Å². The van der Waals surface area contributed by atoms with E-state index in [1.165, 1.54) is 5.56 Å². The standard InChI is InChI=1S/C21H22N2O2S/c1-14-9-10-16(12-15(14)2)20(24)23(13-17-6-5-11-25-17)21-22-18-7-3-4-8-19(18)26-21/h3-4,7-10,12,17H,5-6,11,13H2,1-2H3. The number of anilines is 1. The van der Waals surface area contributed by atoms with Gasteiger partial charge in [-0.05, 0) is 62.1 Å². The van der Waals surface area contributed by atoms with Gasteiger partial charge in [-0.25, -0.2) is 4.98 Å². The summed E-state index contributed by atoms with van der Waals surface area (Å²) in [6.07, 6.45) is 2.12. The first kappa shape index (κ1) is 17.2. The molecule has 0 bridgehead atoms. The van der Waals surface area contributed by atoms with E-state index in [4.69, 9.17) is 9.72 Å². The van der Waals surface area contributed by atoms with E-state index < -0.39 is 0 Å². The van der Waals surface area contributed by atoms with E-state index in [9.17, 15) is 4.79 Å². The van der Waals surface area contributed by atoms with Crippen LogP contribution in [0.4, 0.5) is 5.13 Å². The van der Waals surface area contributed by atoms with E-state index in [0.717, 1.165) is 40.4 Å². The van der Waals surface area contributed by atoms with E-state index >= 15 is 0 Å². The minimum atomic E-state index is -0.0114. The van der Waals surface area contributed by atoms with Crippen molar-refractivity contribution in [3.8, 4) is 0 Å². The zero-order chi connectivity index (χ0) is 18.1. The molecule has 1 saturated heterocycles. The maximum Gasteiger partial charge on any atom is 0.260 e. The molecule has 0 N–H and O–H groups in total. The van der Waals surface area contributed by atoms with Gasteiger partial charge in [0.1, 0.15) is 0 Å². The Bertz CT molecular complexity index is 911. The van der Waals surface area contributed by atoms with Gasteiger partial charge in [0, 0.05) is 12.2 Å². The van der Waals surface area contributed by atoms with Gasteiger partial charge in [0.2, 0.25) is 0 Å². The summed E-state index contributed by atoms with van der Waals surface area (Å²) >= 11 is 1.56. The maximum atomic E-state index is 13.3. The highest BCUT2D eigenvalue weighted by Crippen LogP contribution is 2.31. The number of carbonyl (C=O) groups excluding carboxylic acids is 1. The van der Waals surface area contributed by atoms with E-state index in [2.05, 4.69) is 6.92 Å².